The highest BCUT2D eigenvalue weighted by Crippen LogP contribution is 2.44. The number of nitrogen functional groups attached to an aromatic ring is 1. The van der Waals surface area contributed by atoms with Crippen molar-refractivity contribution in [1.82, 2.24) is 9.97 Å². The number of aryl methyl sites for hydroxylation is 1. The molecule has 0 saturated heterocycles. The number of hydrogen-bond donors (Lipinski definition) is 5. The van der Waals surface area contributed by atoms with Crippen LogP contribution in [0.4, 0.5) is 0 Å². The van der Waals surface area contributed by atoms with E-state index in [1.54, 1.807) is 24.3 Å². The van der Waals surface area contributed by atoms with Gasteiger partial charge in [0.25, 0.3) is 0 Å². The number of aromatic amines is 1. The Morgan fingerprint density at radius 1 is 0.968 bits per heavy atom. The van der Waals surface area contributed by atoms with Gasteiger partial charge in [-0.1, -0.05) is 32.4 Å². The maximum atomic E-state index is 11.2. The summed E-state index contributed by atoms with van der Waals surface area (Å²) in [5.41, 5.74) is 11.1. The van der Waals surface area contributed by atoms with Crippen molar-refractivity contribution < 1.29 is 10.2 Å². The first-order chi connectivity index (χ1) is 14.5. The Kier molecular flexibility index (Phi) is 4.73. The average Bonchev–Trinajstić information content (AvgIpc) is 3.12. The SMILES string of the molecule is Cc1ccc(O)c(-c2cc(C(C)(C)C)cc(-c3nc4ccc(C(=N)N)cc4[nH]3)c2O)c1. The largest absolute Gasteiger partial charge is 0.507 e. The standard InChI is InChI=1S/C25H26N4O2/c1-13-5-8-21(30)16(9-13)17-11-15(25(2,3)4)12-18(22(17)31)24-28-19-7-6-14(23(26)27)10-20(19)29-24/h5-12,30-31H,1-4H3,(H3,26,27)(H,28,29). The van der Waals surface area contributed by atoms with Crippen LogP contribution < -0.4 is 5.73 Å². The number of phenolic OH excluding ortho intramolecular Hbond substituents is 2. The Morgan fingerprint density at radius 3 is 2.35 bits per heavy atom. The number of benzene rings is 3. The highest BCUT2D eigenvalue weighted by Gasteiger charge is 2.23. The minimum Gasteiger partial charge on any atom is -0.507 e. The van der Waals surface area contributed by atoms with Crippen LogP contribution in [0, 0.1) is 12.3 Å². The number of nitrogens with zero attached hydrogens (tertiary/aromatic N) is 1. The summed E-state index contributed by atoms with van der Waals surface area (Å²) < 4.78 is 0. The second-order valence-electron chi connectivity index (χ2n) is 8.92. The van der Waals surface area contributed by atoms with Crippen molar-refractivity contribution in [3.8, 4) is 34.0 Å². The zero-order valence-corrected chi connectivity index (χ0v) is 18.0. The molecule has 158 valence electrons. The van der Waals surface area contributed by atoms with Gasteiger partial charge in [-0.05, 0) is 60.4 Å². The van der Waals surface area contributed by atoms with Gasteiger partial charge in [-0.3, -0.25) is 5.41 Å². The summed E-state index contributed by atoms with van der Waals surface area (Å²) in [5, 5.41) is 29.4. The third-order valence-electron chi connectivity index (χ3n) is 5.47. The maximum absolute atomic E-state index is 11.2. The van der Waals surface area contributed by atoms with Crippen molar-refractivity contribution in [2.45, 2.75) is 33.1 Å². The van der Waals surface area contributed by atoms with E-state index in [0.29, 0.717) is 33.6 Å². The van der Waals surface area contributed by atoms with Crippen molar-refractivity contribution >= 4 is 16.9 Å². The minimum atomic E-state index is -0.190. The average molecular weight is 415 g/mol. The molecule has 0 unspecified atom stereocenters. The minimum absolute atomic E-state index is 0.0205. The van der Waals surface area contributed by atoms with Crippen LogP contribution >= 0.6 is 0 Å². The summed E-state index contributed by atoms with van der Waals surface area (Å²) in [4.78, 5) is 7.90. The van der Waals surface area contributed by atoms with E-state index in [4.69, 9.17) is 11.1 Å². The molecule has 0 saturated carbocycles. The molecular formula is C25H26N4O2. The molecule has 4 aromatic rings. The van der Waals surface area contributed by atoms with Crippen molar-refractivity contribution in [2.24, 2.45) is 5.73 Å². The lowest BCUT2D eigenvalue weighted by Crippen LogP contribution is -2.11. The summed E-state index contributed by atoms with van der Waals surface area (Å²) >= 11 is 0. The first kappa shape index (κ1) is 20.5. The summed E-state index contributed by atoms with van der Waals surface area (Å²) in [6, 6.07) is 14.5. The van der Waals surface area contributed by atoms with E-state index in [9.17, 15) is 10.2 Å². The number of hydrogen-bond acceptors (Lipinski definition) is 4. The normalized spacial score (nSPS) is 11.7. The fourth-order valence-corrected chi connectivity index (χ4v) is 3.62. The second-order valence-corrected chi connectivity index (χ2v) is 8.92. The van der Waals surface area contributed by atoms with Gasteiger partial charge in [-0.15, -0.1) is 0 Å². The zero-order chi connectivity index (χ0) is 22.5. The fraction of sp³-hybridized carbons (Fsp3) is 0.200. The maximum Gasteiger partial charge on any atom is 0.142 e. The molecule has 0 atom stereocenters. The molecule has 0 aliphatic heterocycles. The van der Waals surface area contributed by atoms with Crippen LogP contribution in [0.5, 0.6) is 11.5 Å². The van der Waals surface area contributed by atoms with Gasteiger partial charge in [0.05, 0.1) is 16.6 Å². The molecule has 6 nitrogen and oxygen atoms in total. The third-order valence-corrected chi connectivity index (χ3v) is 5.47. The van der Waals surface area contributed by atoms with Crippen LogP contribution in [0.3, 0.4) is 0 Å². The van der Waals surface area contributed by atoms with E-state index >= 15 is 0 Å². The molecule has 0 spiro atoms. The molecule has 0 fully saturated rings. The molecule has 3 aromatic carbocycles. The first-order valence-corrected chi connectivity index (χ1v) is 10.1. The van der Waals surface area contributed by atoms with E-state index in [2.05, 4.69) is 30.7 Å². The van der Waals surface area contributed by atoms with Gasteiger partial charge in [0.15, 0.2) is 0 Å². The van der Waals surface area contributed by atoms with Gasteiger partial charge in [0.2, 0.25) is 0 Å². The number of aromatic hydroxyl groups is 2. The van der Waals surface area contributed by atoms with E-state index in [1.165, 1.54) is 0 Å². The Labute approximate surface area is 180 Å². The molecule has 0 aliphatic rings. The number of fused-ring (bicyclic) bond motifs is 1. The van der Waals surface area contributed by atoms with E-state index in [0.717, 1.165) is 16.6 Å². The number of nitrogens with two attached hydrogens (primary N) is 1. The monoisotopic (exact) mass is 414 g/mol. The van der Waals surface area contributed by atoms with Gasteiger partial charge in [0.1, 0.15) is 23.2 Å². The lowest BCUT2D eigenvalue weighted by Gasteiger charge is -2.22. The highest BCUT2D eigenvalue weighted by atomic mass is 16.3. The highest BCUT2D eigenvalue weighted by molar-refractivity contribution is 5.98. The van der Waals surface area contributed by atoms with Gasteiger partial charge >= 0.3 is 0 Å². The Hall–Kier alpha value is -3.80. The molecule has 31 heavy (non-hydrogen) atoms. The van der Waals surface area contributed by atoms with Crippen molar-refractivity contribution in [3.63, 3.8) is 0 Å². The number of rotatable bonds is 3. The van der Waals surface area contributed by atoms with Crippen molar-refractivity contribution in [3.05, 3.63) is 65.2 Å². The summed E-state index contributed by atoms with van der Waals surface area (Å²) in [5.74, 6) is 0.633. The quantitative estimate of drug-likeness (QED) is 0.234. The summed E-state index contributed by atoms with van der Waals surface area (Å²) in [6.07, 6.45) is 0. The number of H-pyrrole nitrogens is 1. The third kappa shape index (κ3) is 3.72. The second kappa shape index (κ2) is 7.16. The number of imidazole rings is 1. The number of nitrogens with one attached hydrogen (secondary N) is 2. The lowest BCUT2D eigenvalue weighted by atomic mass is 9.83. The van der Waals surface area contributed by atoms with Gasteiger partial charge in [0, 0.05) is 16.7 Å². The van der Waals surface area contributed by atoms with E-state index < -0.39 is 0 Å². The van der Waals surface area contributed by atoms with Crippen LogP contribution in [0.1, 0.15) is 37.5 Å². The predicted molar refractivity (Wildman–Crippen MR) is 125 cm³/mol. The Bertz CT molecular complexity index is 1330. The molecule has 0 aliphatic carbocycles. The van der Waals surface area contributed by atoms with E-state index in [-0.39, 0.29) is 22.7 Å². The molecule has 1 aromatic heterocycles. The molecule has 0 amide bonds. The molecule has 6 N–H and O–H groups in total. The summed E-state index contributed by atoms with van der Waals surface area (Å²) in [7, 11) is 0. The van der Waals surface area contributed by atoms with Gasteiger partial charge in [-0.2, -0.15) is 0 Å². The molecular weight excluding hydrogens is 388 g/mol. The smallest absolute Gasteiger partial charge is 0.142 e. The topological polar surface area (TPSA) is 119 Å². The number of amidine groups is 1. The van der Waals surface area contributed by atoms with Crippen LogP contribution in [0.2, 0.25) is 0 Å². The van der Waals surface area contributed by atoms with Crippen LogP contribution in [0.25, 0.3) is 33.5 Å². The van der Waals surface area contributed by atoms with Crippen molar-refractivity contribution in [2.75, 3.05) is 0 Å². The lowest BCUT2D eigenvalue weighted by molar-refractivity contribution is 0.469. The summed E-state index contributed by atoms with van der Waals surface area (Å²) in [6.45, 7) is 8.24. The van der Waals surface area contributed by atoms with Crippen LogP contribution in [0.15, 0.2) is 48.5 Å². The molecule has 6 heteroatoms. The Balaban J connectivity index is 1.99. The van der Waals surface area contributed by atoms with Gasteiger partial charge in [-0.25, -0.2) is 4.98 Å². The molecule has 4 rings (SSSR count). The molecule has 0 bridgehead atoms. The van der Waals surface area contributed by atoms with Crippen LogP contribution in [-0.4, -0.2) is 26.0 Å². The predicted octanol–water partition coefficient (Wildman–Crippen LogP) is 5.20. The molecule has 0 radical (unpaired) electrons. The zero-order valence-electron chi connectivity index (χ0n) is 18.0. The van der Waals surface area contributed by atoms with Crippen molar-refractivity contribution in [1.29, 1.82) is 5.41 Å². The molecule has 1 heterocycles. The van der Waals surface area contributed by atoms with E-state index in [1.807, 2.05) is 31.2 Å². The Morgan fingerprint density at radius 2 is 1.68 bits per heavy atom. The first-order valence-electron chi connectivity index (χ1n) is 10.1. The fourth-order valence-electron chi connectivity index (χ4n) is 3.62. The number of aromatic nitrogens is 2. The van der Waals surface area contributed by atoms with Gasteiger partial charge < -0.3 is 20.9 Å². The number of phenols is 2. The van der Waals surface area contributed by atoms with Crippen LogP contribution in [-0.2, 0) is 5.41 Å².